The van der Waals surface area contributed by atoms with E-state index in [4.69, 9.17) is 4.74 Å². The van der Waals surface area contributed by atoms with E-state index in [-0.39, 0.29) is 11.8 Å². The van der Waals surface area contributed by atoms with E-state index in [0.29, 0.717) is 30.3 Å². The second-order valence-electron chi connectivity index (χ2n) is 6.49. The van der Waals surface area contributed by atoms with Crippen LogP contribution in [-0.2, 0) is 9.53 Å². The number of benzene rings is 1. The third kappa shape index (κ3) is 3.59. The average molecular weight is 304 g/mol. The Morgan fingerprint density at radius 2 is 1.91 bits per heavy atom. The number of rotatable bonds is 4. The van der Waals surface area contributed by atoms with Gasteiger partial charge >= 0.3 is 6.09 Å². The Labute approximate surface area is 131 Å². The number of nitrogens with zero attached hydrogens (tertiary/aromatic N) is 1. The van der Waals surface area contributed by atoms with E-state index in [1.165, 1.54) is 4.90 Å². The molecule has 1 heterocycles. The Hall–Kier alpha value is -2.04. The Kier molecular flexibility index (Phi) is 5.06. The molecule has 0 saturated carbocycles. The molecule has 5 nitrogen and oxygen atoms in total. The third-order valence-corrected chi connectivity index (χ3v) is 3.47. The van der Waals surface area contributed by atoms with Crippen LogP contribution in [0, 0.1) is 11.8 Å². The largest absolute Gasteiger partial charge is 0.449 e. The second kappa shape index (κ2) is 6.81. The fourth-order valence-corrected chi connectivity index (χ4v) is 2.48. The highest BCUT2D eigenvalue weighted by molar-refractivity contribution is 6.10. The van der Waals surface area contributed by atoms with Gasteiger partial charge in [-0.2, -0.15) is 0 Å². The number of anilines is 2. The summed E-state index contributed by atoms with van der Waals surface area (Å²) < 4.78 is 5.37. The van der Waals surface area contributed by atoms with Gasteiger partial charge in [0.25, 0.3) is 0 Å². The number of ether oxygens (including phenoxy) is 1. The Morgan fingerprint density at radius 1 is 1.23 bits per heavy atom. The maximum atomic E-state index is 12.5. The fourth-order valence-electron chi connectivity index (χ4n) is 2.48. The molecule has 0 unspecified atom stereocenters. The van der Waals surface area contributed by atoms with Crippen LogP contribution in [0.3, 0.4) is 0 Å². The number of para-hydroxylation sites is 2. The summed E-state index contributed by atoms with van der Waals surface area (Å²) in [6, 6.07) is 6.78. The zero-order valence-electron chi connectivity index (χ0n) is 13.6. The summed E-state index contributed by atoms with van der Waals surface area (Å²) in [5.41, 5.74) is 1.34. The molecule has 5 heteroatoms. The zero-order valence-corrected chi connectivity index (χ0v) is 13.6. The number of carbonyl (C=O) groups excluding carboxylic acids is 2. The molecule has 0 spiro atoms. The van der Waals surface area contributed by atoms with Crippen molar-refractivity contribution in [1.29, 1.82) is 0 Å². The minimum Gasteiger partial charge on any atom is -0.449 e. The summed E-state index contributed by atoms with van der Waals surface area (Å²) in [5, 5.41) is 2.88. The molecule has 0 radical (unpaired) electrons. The molecule has 1 aliphatic heterocycles. The number of fused-ring (bicyclic) bond motifs is 1. The molecule has 1 atom stereocenters. The topological polar surface area (TPSA) is 58.6 Å². The molecule has 0 fully saturated rings. The molecule has 1 aliphatic rings. The normalized spacial score (nSPS) is 17.5. The van der Waals surface area contributed by atoms with Crippen molar-refractivity contribution in [1.82, 2.24) is 0 Å². The van der Waals surface area contributed by atoms with Gasteiger partial charge in [0.1, 0.15) is 6.04 Å². The molecule has 22 heavy (non-hydrogen) atoms. The first-order valence-corrected chi connectivity index (χ1v) is 7.76. The first-order valence-electron chi connectivity index (χ1n) is 7.76. The highest BCUT2D eigenvalue weighted by Crippen LogP contribution is 2.34. The zero-order chi connectivity index (χ0) is 16.3. The molecule has 1 aromatic rings. The van der Waals surface area contributed by atoms with Gasteiger partial charge in [0.2, 0.25) is 5.91 Å². The number of hydrogen-bond acceptors (Lipinski definition) is 3. The van der Waals surface area contributed by atoms with E-state index in [1.54, 1.807) is 6.07 Å². The van der Waals surface area contributed by atoms with Crippen molar-refractivity contribution in [2.45, 2.75) is 40.2 Å². The summed E-state index contributed by atoms with van der Waals surface area (Å²) in [5.74, 6) is 0.386. The first-order chi connectivity index (χ1) is 10.4. The van der Waals surface area contributed by atoms with Crippen molar-refractivity contribution in [3.8, 4) is 0 Å². The standard InChI is InChI=1S/C17H24N2O3/c1-11(2)9-15-16(20)18-13-7-5-6-8-14(13)19(15)17(21)22-10-12(3)4/h5-8,11-12,15H,9-10H2,1-4H3,(H,18,20)/t15-/m1/s1. The summed E-state index contributed by atoms with van der Waals surface area (Å²) in [4.78, 5) is 26.4. The lowest BCUT2D eigenvalue weighted by Gasteiger charge is -2.36. The summed E-state index contributed by atoms with van der Waals surface area (Å²) in [6.45, 7) is 8.37. The Morgan fingerprint density at radius 3 is 2.55 bits per heavy atom. The van der Waals surface area contributed by atoms with Gasteiger partial charge < -0.3 is 10.1 Å². The first kappa shape index (κ1) is 16.3. The highest BCUT2D eigenvalue weighted by atomic mass is 16.6. The highest BCUT2D eigenvalue weighted by Gasteiger charge is 2.38. The van der Waals surface area contributed by atoms with E-state index < -0.39 is 12.1 Å². The number of hydrogen-bond donors (Lipinski definition) is 1. The van der Waals surface area contributed by atoms with E-state index in [0.717, 1.165) is 0 Å². The minimum absolute atomic E-state index is 0.158. The summed E-state index contributed by atoms with van der Waals surface area (Å²) in [7, 11) is 0. The van der Waals surface area contributed by atoms with Gasteiger partial charge in [-0.3, -0.25) is 9.69 Å². The van der Waals surface area contributed by atoms with Crippen LogP contribution in [0.25, 0.3) is 0 Å². The van der Waals surface area contributed by atoms with Gasteiger partial charge in [0.05, 0.1) is 18.0 Å². The van der Waals surface area contributed by atoms with E-state index >= 15 is 0 Å². The van der Waals surface area contributed by atoms with Gasteiger partial charge in [-0.05, 0) is 30.4 Å². The molecule has 1 aromatic carbocycles. The Bertz CT molecular complexity index is 555. The van der Waals surface area contributed by atoms with Crippen molar-refractivity contribution in [3.63, 3.8) is 0 Å². The van der Waals surface area contributed by atoms with Crippen LogP contribution in [0.4, 0.5) is 16.2 Å². The van der Waals surface area contributed by atoms with Crippen molar-refractivity contribution >= 4 is 23.4 Å². The van der Waals surface area contributed by atoms with Crippen molar-refractivity contribution < 1.29 is 14.3 Å². The van der Waals surface area contributed by atoms with Crippen molar-refractivity contribution in [2.75, 3.05) is 16.8 Å². The maximum absolute atomic E-state index is 12.5. The smallest absolute Gasteiger partial charge is 0.415 e. The van der Waals surface area contributed by atoms with Gasteiger partial charge in [-0.25, -0.2) is 4.79 Å². The van der Waals surface area contributed by atoms with Crippen LogP contribution in [0.2, 0.25) is 0 Å². The summed E-state index contributed by atoms with van der Waals surface area (Å²) in [6.07, 6.45) is 0.137. The van der Waals surface area contributed by atoms with Crippen LogP contribution < -0.4 is 10.2 Å². The minimum atomic E-state index is -0.533. The van der Waals surface area contributed by atoms with Crippen LogP contribution in [0.15, 0.2) is 24.3 Å². The van der Waals surface area contributed by atoms with Gasteiger partial charge in [-0.15, -0.1) is 0 Å². The predicted octanol–water partition coefficient (Wildman–Crippen LogP) is 3.65. The lowest BCUT2D eigenvalue weighted by Crippen LogP contribution is -2.52. The van der Waals surface area contributed by atoms with Crippen LogP contribution >= 0.6 is 0 Å². The molecule has 0 aromatic heterocycles. The van der Waals surface area contributed by atoms with E-state index in [1.807, 2.05) is 45.9 Å². The van der Waals surface area contributed by atoms with Crippen LogP contribution in [0.1, 0.15) is 34.1 Å². The van der Waals surface area contributed by atoms with E-state index in [2.05, 4.69) is 5.32 Å². The number of amides is 2. The maximum Gasteiger partial charge on any atom is 0.415 e. The lowest BCUT2D eigenvalue weighted by atomic mass is 9.99. The van der Waals surface area contributed by atoms with Gasteiger partial charge in [-0.1, -0.05) is 39.8 Å². The van der Waals surface area contributed by atoms with Crippen molar-refractivity contribution in [2.24, 2.45) is 11.8 Å². The third-order valence-electron chi connectivity index (χ3n) is 3.47. The monoisotopic (exact) mass is 304 g/mol. The quantitative estimate of drug-likeness (QED) is 0.923. The fraction of sp³-hybridized carbons (Fsp3) is 0.529. The molecule has 120 valence electrons. The molecule has 0 saturated heterocycles. The molecule has 2 rings (SSSR count). The molecule has 2 amide bonds. The predicted molar refractivity (Wildman–Crippen MR) is 87.0 cm³/mol. The molecule has 0 aliphatic carbocycles. The molecule has 1 N–H and O–H groups in total. The average Bonchev–Trinajstić information content (AvgIpc) is 2.45. The SMILES string of the molecule is CC(C)COC(=O)N1c2ccccc2NC(=O)[C@H]1CC(C)C. The van der Waals surface area contributed by atoms with Crippen molar-refractivity contribution in [3.05, 3.63) is 24.3 Å². The molecular formula is C17H24N2O3. The number of carbonyl (C=O) groups is 2. The Balaban J connectivity index is 2.33. The lowest BCUT2D eigenvalue weighted by molar-refractivity contribution is -0.118. The molecule has 0 bridgehead atoms. The van der Waals surface area contributed by atoms with Gasteiger partial charge in [0.15, 0.2) is 0 Å². The van der Waals surface area contributed by atoms with Gasteiger partial charge in [0, 0.05) is 0 Å². The second-order valence-corrected chi connectivity index (χ2v) is 6.49. The molecular weight excluding hydrogens is 280 g/mol. The van der Waals surface area contributed by atoms with Crippen LogP contribution in [-0.4, -0.2) is 24.6 Å². The van der Waals surface area contributed by atoms with E-state index in [9.17, 15) is 9.59 Å². The van der Waals surface area contributed by atoms with Crippen LogP contribution in [0.5, 0.6) is 0 Å². The summed E-state index contributed by atoms with van der Waals surface area (Å²) >= 11 is 0. The number of nitrogens with one attached hydrogen (secondary N) is 1.